The number of nitrogens with one attached hydrogen (secondary N) is 1. The van der Waals surface area contributed by atoms with Crippen LogP contribution < -0.4 is 4.72 Å². The zero-order valence-corrected chi connectivity index (χ0v) is 15.4. The normalized spacial score (nSPS) is 16.3. The van der Waals surface area contributed by atoms with Crippen molar-refractivity contribution in [3.05, 3.63) is 70.9 Å². The Morgan fingerprint density at radius 2 is 1.92 bits per heavy atom. The number of thioether (sulfide) groups is 1. The van der Waals surface area contributed by atoms with E-state index in [1.54, 1.807) is 30.0 Å². The van der Waals surface area contributed by atoms with Crippen molar-refractivity contribution >= 4 is 38.3 Å². The highest BCUT2D eigenvalue weighted by Crippen LogP contribution is 2.35. The molecule has 2 aromatic carbocycles. The fourth-order valence-electron chi connectivity index (χ4n) is 2.89. The predicted molar refractivity (Wildman–Crippen MR) is 104 cm³/mol. The number of halogens is 1. The molecular formula is C18H16FN3O2S2. The third-order valence-electron chi connectivity index (χ3n) is 4.13. The first-order valence-corrected chi connectivity index (χ1v) is 10.6. The average molecular weight is 389 g/mol. The molecule has 0 spiro atoms. The van der Waals surface area contributed by atoms with Crippen LogP contribution in [0.2, 0.25) is 0 Å². The lowest BCUT2D eigenvalue weighted by Crippen LogP contribution is -2.20. The van der Waals surface area contributed by atoms with Gasteiger partial charge in [-0.1, -0.05) is 42.1 Å². The SMILES string of the molecule is O=S(=O)(Cc1ccccc1F)Nc1ccc(C2=CSC3=NCCN23)cc1. The molecule has 0 atom stereocenters. The van der Waals surface area contributed by atoms with E-state index < -0.39 is 21.6 Å². The zero-order chi connectivity index (χ0) is 18.1. The quantitative estimate of drug-likeness (QED) is 0.850. The molecule has 2 aromatic rings. The number of hydrogen-bond acceptors (Lipinski definition) is 5. The van der Waals surface area contributed by atoms with Crippen molar-refractivity contribution in [1.29, 1.82) is 0 Å². The van der Waals surface area contributed by atoms with Gasteiger partial charge in [0.2, 0.25) is 10.0 Å². The van der Waals surface area contributed by atoms with Gasteiger partial charge in [-0.15, -0.1) is 0 Å². The van der Waals surface area contributed by atoms with Gasteiger partial charge in [0.25, 0.3) is 0 Å². The van der Waals surface area contributed by atoms with E-state index in [9.17, 15) is 12.8 Å². The van der Waals surface area contributed by atoms with Crippen LogP contribution in [0.4, 0.5) is 10.1 Å². The Labute approximate surface area is 155 Å². The molecule has 2 heterocycles. The summed E-state index contributed by atoms with van der Waals surface area (Å²) >= 11 is 1.60. The number of anilines is 1. The summed E-state index contributed by atoms with van der Waals surface area (Å²) in [5.74, 6) is -0.932. The molecule has 0 saturated carbocycles. The van der Waals surface area contributed by atoms with E-state index in [2.05, 4.69) is 20.0 Å². The Kier molecular flexibility index (Phi) is 4.46. The smallest absolute Gasteiger partial charge is 0.237 e. The highest BCUT2D eigenvalue weighted by atomic mass is 32.2. The summed E-state index contributed by atoms with van der Waals surface area (Å²) in [5.41, 5.74) is 2.67. The molecule has 0 aromatic heterocycles. The van der Waals surface area contributed by atoms with Gasteiger partial charge in [-0.25, -0.2) is 12.8 Å². The summed E-state index contributed by atoms with van der Waals surface area (Å²) < 4.78 is 40.8. The lowest BCUT2D eigenvalue weighted by Gasteiger charge is -2.17. The molecule has 1 N–H and O–H groups in total. The van der Waals surface area contributed by atoms with Crippen LogP contribution in [0.15, 0.2) is 58.9 Å². The van der Waals surface area contributed by atoms with Crippen molar-refractivity contribution < 1.29 is 12.8 Å². The third kappa shape index (κ3) is 3.47. The first-order chi connectivity index (χ1) is 12.5. The van der Waals surface area contributed by atoms with Gasteiger partial charge in [0.1, 0.15) is 5.82 Å². The number of rotatable bonds is 5. The number of amidine groups is 1. The van der Waals surface area contributed by atoms with E-state index in [1.165, 1.54) is 18.2 Å². The summed E-state index contributed by atoms with van der Waals surface area (Å²) in [6, 6.07) is 13.0. The number of sulfonamides is 1. The molecule has 0 radical (unpaired) electrons. The molecule has 4 rings (SSSR count). The molecule has 0 saturated heterocycles. The molecular weight excluding hydrogens is 373 g/mol. The lowest BCUT2D eigenvalue weighted by molar-refractivity contribution is 0.591. The fourth-order valence-corrected chi connectivity index (χ4v) is 5.07. The molecule has 26 heavy (non-hydrogen) atoms. The van der Waals surface area contributed by atoms with Gasteiger partial charge < -0.3 is 4.90 Å². The standard InChI is InChI=1S/C18H16FN3O2S2/c19-16-4-2-1-3-14(16)12-26(23,24)21-15-7-5-13(6-8-15)17-11-25-18-20-9-10-22(17)18/h1-8,11,21H,9-10,12H2. The number of fused-ring (bicyclic) bond motifs is 1. The van der Waals surface area contributed by atoms with Gasteiger partial charge in [0, 0.05) is 23.2 Å². The van der Waals surface area contributed by atoms with E-state index in [4.69, 9.17) is 0 Å². The van der Waals surface area contributed by atoms with Crippen LogP contribution in [0.5, 0.6) is 0 Å². The Morgan fingerprint density at radius 3 is 2.69 bits per heavy atom. The highest BCUT2D eigenvalue weighted by Gasteiger charge is 2.27. The fraction of sp³-hybridized carbons (Fsp3) is 0.167. The first-order valence-electron chi connectivity index (χ1n) is 8.05. The summed E-state index contributed by atoms with van der Waals surface area (Å²) in [6.45, 7) is 1.67. The number of nitrogens with zero attached hydrogens (tertiary/aromatic N) is 2. The molecule has 5 nitrogen and oxygen atoms in total. The van der Waals surface area contributed by atoms with Gasteiger partial charge >= 0.3 is 0 Å². The number of benzene rings is 2. The maximum atomic E-state index is 13.7. The molecule has 0 amide bonds. The van der Waals surface area contributed by atoms with Crippen molar-refractivity contribution in [3.63, 3.8) is 0 Å². The molecule has 0 unspecified atom stereocenters. The molecule has 8 heteroatoms. The minimum Gasteiger partial charge on any atom is -0.318 e. The van der Waals surface area contributed by atoms with E-state index in [1.807, 2.05) is 12.1 Å². The minimum atomic E-state index is -3.69. The largest absolute Gasteiger partial charge is 0.318 e. The summed E-state index contributed by atoms with van der Waals surface area (Å²) in [4.78, 5) is 6.57. The first kappa shape index (κ1) is 17.1. The highest BCUT2D eigenvalue weighted by molar-refractivity contribution is 8.16. The topological polar surface area (TPSA) is 61.8 Å². The van der Waals surface area contributed by atoms with Gasteiger partial charge in [0.15, 0.2) is 5.17 Å². The van der Waals surface area contributed by atoms with E-state index >= 15 is 0 Å². The molecule has 2 aliphatic heterocycles. The predicted octanol–water partition coefficient (Wildman–Crippen LogP) is 3.48. The number of aliphatic imine (C=N–C) groups is 1. The van der Waals surface area contributed by atoms with Crippen LogP contribution in [0.1, 0.15) is 11.1 Å². The van der Waals surface area contributed by atoms with E-state index in [0.717, 1.165) is 29.5 Å². The lowest BCUT2D eigenvalue weighted by atomic mass is 10.1. The molecule has 0 bridgehead atoms. The molecule has 0 aliphatic carbocycles. The maximum Gasteiger partial charge on any atom is 0.237 e. The third-order valence-corrected chi connectivity index (χ3v) is 6.26. The Bertz CT molecular complexity index is 1000. The summed E-state index contributed by atoms with van der Waals surface area (Å²) in [7, 11) is -3.69. The Hall–Kier alpha value is -2.32. The van der Waals surface area contributed by atoms with Crippen molar-refractivity contribution in [2.24, 2.45) is 4.99 Å². The van der Waals surface area contributed by atoms with Crippen LogP contribution in [0.3, 0.4) is 0 Å². The monoisotopic (exact) mass is 389 g/mol. The molecule has 2 aliphatic rings. The Balaban J connectivity index is 1.47. The van der Waals surface area contributed by atoms with Gasteiger partial charge in [0.05, 0.1) is 18.0 Å². The van der Waals surface area contributed by atoms with E-state index in [-0.39, 0.29) is 5.56 Å². The zero-order valence-electron chi connectivity index (χ0n) is 13.7. The maximum absolute atomic E-state index is 13.7. The van der Waals surface area contributed by atoms with Crippen molar-refractivity contribution in [3.8, 4) is 0 Å². The van der Waals surface area contributed by atoms with Gasteiger partial charge in [-0.05, 0) is 23.8 Å². The van der Waals surface area contributed by atoms with Crippen LogP contribution >= 0.6 is 11.8 Å². The molecule has 134 valence electrons. The van der Waals surface area contributed by atoms with Crippen LogP contribution in [0, 0.1) is 5.82 Å². The van der Waals surface area contributed by atoms with E-state index in [0.29, 0.717) is 5.69 Å². The van der Waals surface area contributed by atoms with Gasteiger partial charge in [-0.2, -0.15) is 0 Å². The summed E-state index contributed by atoms with van der Waals surface area (Å²) in [6.07, 6.45) is 0. The van der Waals surface area contributed by atoms with Crippen LogP contribution in [-0.4, -0.2) is 31.6 Å². The van der Waals surface area contributed by atoms with Crippen molar-refractivity contribution in [2.45, 2.75) is 5.75 Å². The van der Waals surface area contributed by atoms with Crippen LogP contribution in [-0.2, 0) is 15.8 Å². The minimum absolute atomic E-state index is 0.144. The van der Waals surface area contributed by atoms with Crippen molar-refractivity contribution in [2.75, 3.05) is 17.8 Å². The van der Waals surface area contributed by atoms with Crippen LogP contribution in [0.25, 0.3) is 5.70 Å². The average Bonchev–Trinajstić information content (AvgIpc) is 3.21. The molecule has 0 fully saturated rings. The summed E-state index contributed by atoms with van der Waals surface area (Å²) in [5, 5.41) is 3.06. The number of hydrogen-bond donors (Lipinski definition) is 1. The second kappa shape index (κ2) is 6.77. The van der Waals surface area contributed by atoms with Gasteiger partial charge in [-0.3, -0.25) is 9.71 Å². The second-order valence-corrected chi connectivity index (χ2v) is 8.53. The Morgan fingerprint density at radius 1 is 1.15 bits per heavy atom. The second-order valence-electron chi connectivity index (χ2n) is 5.97. The van der Waals surface area contributed by atoms with Crippen molar-refractivity contribution in [1.82, 2.24) is 4.90 Å².